The second kappa shape index (κ2) is 5.25. The van der Waals surface area contributed by atoms with E-state index in [1.165, 1.54) is 18.2 Å². The Labute approximate surface area is 115 Å². The van der Waals surface area contributed by atoms with Crippen LogP contribution in [0.4, 0.5) is 14.5 Å². The zero-order chi connectivity index (χ0) is 13.9. The maximum Gasteiger partial charge on any atom is 0.149 e. The Balaban J connectivity index is 1.83. The number of para-hydroxylation sites is 1. The average Bonchev–Trinajstić information content (AvgIpc) is 2.46. The molecule has 2 nitrogen and oxygen atoms in total. The lowest BCUT2D eigenvalue weighted by atomic mass is 10.1. The van der Waals surface area contributed by atoms with Crippen molar-refractivity contribution in [2.45, 2.75) is 6.54 Å². The summed E-state index contributed by atoms with van der Waals surface area (Å²) >= 11 is 0. The number of aromatic nitrogens is 1. The van der Waals surface area contributed by atoms with Crippen LogP contribution in [0.15, 0.2) is 54.9 Å². The average molecular weight is 270 g/mol. The minimum atomic E-state index is -0.588. The van der Waals surface area contributed by atoms with Crippen LogP contribution < -0.4 is 5.32 Å². The van der Waals surface area contributed by atoms with Crippen LogP contribution in [0.1, 0.15) is 5.56 Å². The fourth-order valence-corrected chi connectivity index (χ4v) is 2.10. The first-order valence-corrected chi connectivity index (χ1v) is 6.24. The molecule has 0 spiro atoms. The number of benzene rings is 2. The summed E-state index contributed by atoms with van der Waals surface area (Å²) in [5.41, 5.74) is 0.855. The molecule has 1 aromatic heterocycles. The molecule has 0 saturated carbocycles. The smallest absolute Gasteiger partial charge is 0.149 e. The van der Waals surface area contributed by atoms with E-state index in [1.54, 1.807) is 12.4 Å². The minimum Gasteiger partial charge on any atom is -0.376 e. The highest BCUT2D eigenvalue weighted by atomic mass is 19.1. The first-order valence-electron chi connectivity index (χ1n) is 6.24. The molecule has 0 aliphatic heterocycles. The standard InChI is InChI=1S/C16H12F2N2/c17-14-2-1-3-15(18)16(14)20-9-11-4-5-13-10-19-7-6-12(13)8-11/h1-8,10,20H,9H2. The predicted molar refractivity (Wildman–Crippen MR) is 75.4 cm³/mol. The van der Waals surface area contributed by atoms with Crippen LogP contribution in [-0.2, 0) is 6.54 Å². The lowest BCUT2D eigenvalue weighted by Crippen LogP contribution is -2.03. The largest absolute Gasteiger partial charge is 0.376 e. The highest BCUT2D eigenvalue weighted by Gasteiger charge is 2.07. The quantitative estimate of drug-likeness (QED) is 0.774. The summed E-state index contributed by atoms with van der Waals surface area (Å²) in [6.07, 6.45) is 3.50. The summed E-state index contributed by atoms with van der Waals surface area (Å²) in [6, 6.07) is 11.5. The van der Waals surface area contributed by atoms with Gasteiger partial charge in [-0.1, -0.05) is 18.2 Å². The van der Waals surface area contributed by atoms with Crippen molar-refractivity contribution in [1.82, 2.24) is 4.98 Å². The van der Waals surface area contributed by atoms with E-state index < -0.39 is 11.6 Å². The topological polar surface area (TPSA) is 24.9 Å². The summed E-state index contributed by atoms with van der Waals surface area (Å²) in [4.78, 5) is 4.04. The van der Waals surface area contributed by atoms with Gasteiger partial charge in [0, 0.05) is 24.3 Å². The second-order valence-electron chi connectivity index (χ2n) is 4.51. The molecule has 0 aliphatic carbocycles. The molecule has 2 aromatic carbocycles. The molecule has 0 aliphatic rings. The van der Waals surface area contributed by atoms with Crippen LogP contribution >= 0.6 is 0 Å². The van der Waals surface area contributed by atoms with Gasteiger partial charge in [0.2, 0.25) is 0 Å². The number of hydrogen-bond acceptors (Lipinski definition) is 2. The Morgan fingerprint density at radius 2 is 1.75 bits per heavy atom. The van der Waals surface area contributed by atoms with E-state index in [4.69, 9.17) is 0 Å². The Morgan fingerprint density at radius 1 is 0.950 bits per heavy atom. The molecular weight excluding hydrogens is 258 g/mol. The van der Waals surface area contributed by atoms with Crippen LogP contribution in [0, 0.1) is 11.6 Å². The van der Waals surface area contributed by atoms with Crippen molar-refractivity contribution in [1.29, 1.82) is 0 Å². The number of anilines is 1. The van der Waals surface area contributed by atoms with E-state index in [9.17, 15) is 8.78 Å². The fraction of sp³-hybridized carbons (Fsp3) is 0.0625. The van der Waals surface area contributed by atoms with Gasteiger partial charge in [-0.2, -0.15) is 0 Å². The zero-order valence-corrected chi connectivity index (χ0v) is 10.6. The molecule has 0 saturated heterocycles. The summed E-state index contributed by atoms with van der Waals surface area (Å²) in [7, 11) is 0. The van der Waals surface area contributed by atoms with Crippen molar-refractivity contribution >= 4 is 16.5 Å². The van der Waals surface area contributed by atoms with E-state index in [1.807, 2.05) is 24.3 Å². The van der Waals surface area contributed by atoms with E-state index in [0.29, 0.717) is 6.54 Å². The van der Waals surface area contributed by atoms with Gasteiger partial charge in [0.05, 0.1) is 0 Å². The van der Waals surface area contributed by atoms with Crippen molar-refractivity contribution in [2.75, 3.05) is 5.32 Å². The van der Waals surface area contributed by atoms with Crippen molar-refractivity contribution in [3.05, 3.63) is 72.1 Å². The van der Waals surface area contributed by atoms with Gasteiger partial charge in [-0.3, -0.25) is 4.98 Å². The summed E-state index contributed by atoms with van der Waals surface area (Å²) in [5, 5.41) is 4.88. The van der Waals surface area contributed by atoms with Gasteiger partial charge in [0.25, 0.3) is 0 Å². The summed E-state index contributed by atoms with van der Waals surface area (Å²) in [5.74, 6) is -1.18. The number of halogens is 2. The zero-order valence-electron chi connectivity index (χ0n) is 10.6. The maximum absolute atomic E-state index is 13.5. The SMILES string of the molecule is Fc1cccc(F)c1NCc1ccc2cnccc2c1. The molecule has 0 atom stereocenters. The van der Waals surface area contributed by atoms with Gasteiger partial charge < -0.3 is 5.32 Å². The lowest BCUT2D eigenvalue weighted by molar-refractivity contribution is 0.588. The molecule has 0 fully saturated rings. The molecule has 4 heteroatoms. The van der Waals surface area contributed by atoms with Crippen LogP contribution in [0.5, 0.6) is 0 Å². The van der Waals surface area contributed by atoms with E-state index in [-0.39, 0.29) is 5.69 Å². The second-order valence-corrected chi connectivity index (χ2v) is 4.51. The third-order valence-corrected chi connectivity index (χ3v) is 3.14. The first kappa shape index (κ1) is 12.5. The van der Waals surface area contributed by atoms with Crippen LogP contribution in [0.3, 0.4) is 0 Å². The molecule has 0 radical (unpaired) electrons. The van der Waals surface area contributed by atoms with Gasteiger partial charge in [0.15, 0.2) is 0 Å². The fourth-order valence-electron chi connectivity index (χ4n) is 2.10. The number of hydrogen-bond donors (Lipinski definition) is 1. The monoisotopic (exact) mass is 270 g/mol. The Kier molecular flexibility index (Phi) is 3.29. The molecule has 0 bridgehead atoms. The maximum atomic E-state index is 13.5. The highest BCUT2D eigenvalue weighted by Crippen LogP contribution is 2.20. The van der Waals surface area contributed by atoms with Gasteiger partial charge >= 0.3 is 0 Å². The summed E-state index contributed by atoms with van der Waals surface area (Å²) in [6.45, 7) is 0.357. The third kappa shape index (κ3) is 2.45. The highest BCUT2D eigenvalue weighted by molar-refractivity contribution is 5.82. The Bertz CT molecular complexity index is 736. The molecular formula is C16H12F2N2. The van der Waals surface area contributed by atoms with Gasteiger partial charge in [-0.05, 0) is 35.2 Å². The summed E-state index contributed by atoms with van der Waals surface area (Å²) < 4.78 is 27.0. The number of nitrogens with one attached hydrogen (secondary N) is 1. The minimum absolute atomic E-state index is 0.0951. The lowest BCUT2D eigenvalue weighted by Gasteiger charge is -2.09. The number of nitrogens with zero attached hydrogens (tertiary/aromatic N) is 1. The van der Waals surface area contributed by atoms with Gasteiger partial charge in [-0.25, -0.2) is 8.78 Å². The van der Waals surface area contributed by atoms with Crippen molar-refractivity contribution < 1.29 is 8.78 Å². The van der Waals surface area contributed by atoms with Crippen LogP contribution in [0.2, 0.25) is 0 Å². The first-order chi connectivity index (χ1) is 9.74. The molecule has 3 aromatic rings. The van der Waals surface area contributed by atoms with Gasteiger partial charge in [-0.15, -0.1) is 0 Å². The Morgan fingerprint density at radius 3 is 2.55 bits per heavy atom. The number of fused-ring (bicyclic) bond motifs is 1. The van der Waals surface area contributed by atoms with Crippen molar-refractivity contribution in [3.8, 4) is 0 Å². The van der Waals surface area contributed by atoms with E-state index in [0.717, 1.165) is 16.3 Å². The van der Waals surface area contributed by atoms with Crippen molar-refractivity contribution in [3.63, 3.8) is 0 Å². The number of pyridine rings is 1. The molecule has 1 heterocycles. The molecule has 1 N–H and O–H groups in total. The van der Waals surface area contributed by atoms with E-state index in [2.05, 4.69) is 10.3 Å². The van der Waals surface area contributed by atoms with Crippen LogP contribution in [-0.4, -0.2) is 4.98 Å². The molecule has 0 amide bonds. The molecule has 100 valence electrons. The van der Waals surface area contributed by atoms with Crippen molar-refractivity contribution in [2.24, 2.45) is 0 Å². The van der Waals surface area contributed by atoms with Crippen LogP contribution in [0.25, 0.3) is 10.8 Å². The Hall–Kier alpha value is -2.49. The predicted octanol–water partition coefficient (Wildman–Crippen LogP) is 4.13. The molecule has 3 rings (SSSR count). The molecule has 20 heavy (non-hydrogen) atoms. The molecule has 0 unspecified atom stereocenters. The van der Waals surface area contributed by atoms with Gasteiger partial charge in [0.1, 0.15) is 17.3 Å². The van der Waals surface area contributed by atoms with E-state index >= 15 is 0 Å². The third-order valence-electron chi connectivity index (χ3n) is 3.14. The number of rotatable bonds is 3. The normalized spacial score (nSPS) is 10.7.